The van der Waals surface area contributed by atoms with Crippen molar-refractivity contribution in [2.45, 2.75) is 6.92 Å². The number of allylic oxidation sites excluding steroid dienone is 2. The monoisotopic (exact) mass is 496 g/mol. The third-order valence-corrected chi connectivity index (χ3v) is 5.90. The van der Waals surface area contributed by atoms with Crippen LogP contribution in [0.5, 0.6) is 0 Å². The van der Waals surface area contributed by atoms with Gasteiger partial charge in [-0.15, -0.1) is 0 Å². The molecule has 190 valence electrons. The average Bonchev–Trinajstić information content (AvgIpc) is 2.94. The quantitative estimate of drug-likeness (QED) is 0.267. The van der Waals surface area contributed by atoms with Crippen molar-refractivity contribution in [2.75, 3.05) is 49.5 Å². The van der Waals surface area contributed by atoms with Crippen molar-refractivity contribution < 1.29 is 9.59 Å². The molecule has 2 heterocycles. The van der Waals surface area contributed by atoms with E-state index in [1.807, 2.05) is 83.8 Å². The van der Waals surface area contributed by atoms with Crippen LogP contribution in [0.4, 0.5) is 11.6 Å². The number of nitrogens with one attached hydrogen (secondary N) is 2. The molecule has 8 nitrogen and oxygen atoms in total. The maximum Gasteiger partial charge on any atom is 0.246 e. The molecule has 37 heavy (non-hydrogen) atoms. The van der Waals surface area contributed by atoms with E-state index in [0.29, 0.717) is 50.9 Å². The van der Waals surface area contributed by atoms with Crippen LogP contribution >= 0.6 is 0 Å². The third-order valence-electron chi connectivity index (χ3n) is 5.90. The Bertz CT molecular complexity index is 1240. The number of hydrogen-bond acceptors (Lipinski definition) is 6. The molecule has 0 atom stereocenters. The Morgan fingerprint density at radius 3 is 2.30 bits per heavy atom. The number of piperazine rings is 1. The molecule has 2 N–H and O–H groups in total. The maximum absolute atomic E-state index is 12.7. The highest BCUT2D eigenvalue weighted by atomic mass is 16.2. The summed E-state index contributed by atoms with van der Waals surface area (Å²) in [6.45, 7) is 5.13. The summed E-state index contributed by atoms with van der Waals surface area (Å²) < 4.78 is 0. The molecule has 1 saturated heterocycles. The van der Waals surface area contributed by atoms with Gasteiger partial charge in [0.25, 0.3) is 0 Å². The van der Waals surface area contributed by atoms with Gasteiger partial charge in [0.15, 0.2) is 5.82 Å². The summed E-state index contributed by atoms with van der Waals surface area (Å²) in [4.78, 5) is 37.4. The largest absolute Gasteiger partial charge is 0.368 e. The second-order valence-electron chi connectivity index (χ2n) is 8.65. The van der Waals surface area contributed by atoms with E-state index in [9.17, 15) is 9.59 Å². The first-order valence-corrected chi connectivity index (χ1v) is 12.4. The van der Waals surface area contributed by atoms with Crippen LogP contribution in [0, 0.1) is 0 Å². The maximum atomic E-state index is 12.7. The molecule has 0 unspecified atom stereocenters. The summed E-state index contributed by atoms with van der Waals surface area (Å²) in [5, 5.41) is 6.06. The summed E-state index contributed by atoms with van der Waals surface area (Å²) in [5.74, 6) is 2.08. The highest BCUT2D eigenvalue weighted by Gasteiger charge is 2.21. The first kappa shape index (κ1) is 25.6. The molecule has 1 fully saturated rings. The predicted octanol–water partition coefficient (Wildman–Crippen LogP) is 3.61. The van der Waals surface area contributed by atoms with Crippen molar-refractivity contribution >= 4 is 29.5 Å². The summed E-state index contributed by atoms with van der Waals surface area (Å²) in [7, 11) is 0. The van der Waals surface area contributed by atoms with Crippen molar-refractivity contribution in [3.8, 4) is 11.4 Å². The highest BCUT2D eigenvalue weighted by molar-refractivity contribution is 5.88. The summed E-state index contributed by atoms with van der Waals surface area (Å²) in [6, 6.07) is 21.8. The second kappa shape index (κ2) is 13.0. The summed E-state index contributed by atoms with van der Waals surface area (Å²) >= 11 is 0. The van der Waals surface area contributed by atoms with Crippen LogP contribution in [0.25, 0.3) is 17.5 Å². The molecule has 2 amide bonds. The van der Waals surface area contributed by atoms with Crippen LogP contribution in [0.15, 0.2) is 85.0 Å². The number of hydrogen-bond donors (Lipinski definition) is 2. The van der Waals surface area contributed by atoms with Gasteiger partial charge >= 0.3 is 0 Å². The molecule has 0 saturated carbocycles. The highest BCUT2D eigenvalue weighted by Crippen LogP contribution is 2.23. The van der Waals surface area contributed by atoms with Gasteiger partial charge in [-0.25, -0.2) is 9.97 Å². The number of carbonyl (C=O) groups is 2. The fourth-order valence-electron chi connectivity index (χ4n) is 3.96. The lowest BCUT2D eigenvalue weighted by Crippen LogP contribution is -2.48. The molecule has 4 rings (SSSR count). The number of nitrogens with zero attached hydrogens (tertiary/aromatic N) is 4. The number of carbonyl (C=O) groups excluding carboxylic acids is 2. The molecule has 0 bridgehead atoms. The van der Waals surface area contributed by atoms with Gasteiger partial charge in [0.2, 0.25) is 11.8 Å². The minimum atomic E-state index is -0.0652. The molecule has 1 aliphatic heterocycles. The van der Waals surface area contributed by atoms with E-state index in [-0.39, 0.29) is 11.8 Å². The van der Waals surface area contributed by atoms with Crippen LogP contribution in [0.2, 0.25) is 0 Å². The Morgan fingerprint density at radius 2 is 1.59 bits per heavy atom. The van der Waals surface area contributed by atoms with E-state index >= 15 is 0 Å². The zero-order chi connectivity index (χ0) is 25.9. The van der Waals surface area contributed by atoms with Crippen molar-refractivity contribution in [3.63, 3.8) is 0 Å². The fourth-order valence-corrected chi connectivity index (χ4v) is 3.96. The summed E-state index contributed by atoms with van der Waals surface area (Å²) in [5.41, 5.74) is 2.02. The number of amides is 2. The second-order valence-corrected chi connectivity index (χ2v) is 8.65. The van der Waals surface area contributed by atoms with E-state index in [1.54, 1.807) is 12.2 Å². The van der Waals surface area contributed by atoms with Crippen LogP contribution in [-0.2, 0) is 9.59 Å². The molecule has 0 radical (unpaired) electrons. The number of aromatic nitrogens is 2. The van der Waals surface area contributed by atoms with E-state index in [2.05, 4.69) is 20.5 Å². The van der Waals surface area contributed by atoms with Crippen molar-refractivity contribution in [1.82, 2.24) is 20.2 Å². The molecule has 1 aliphatic rings. The molecule has 3 aromatic rings. The number of benzene rings is 2. The molecule has 0 spiro atoms. The van der Waals surface area contributed by atoms with Gasteiger partial charge in [-0.3, -0.25) is 9.59 Å². The molecule has 1 aromatic heterocycles. The average molecular weight is 497 g/mol. The minimum absolute atomic E-state index is 0.00495. The van der Waals surface area contributed by atoms with E-state index in [0.717, 1.165) is 16.9 Å². The Balaban J connectivity index is 1.39. The van der Waals surface area contributed by atoms with Crippen LogP contribution in [0.1, 0.15) is 12.5 Å². The molecule has 2 aromatic carbocycles. The Labute approximate surface area is 217 Å². The Hall–Kier alpha value is -4.46. The predicted molar refractivity (Wildman–Crippen MR) is 148 cm³/mol. The Morgan fingerprint density at radius 1 is 0.892 bits per heavy atom. The lowest BCUT2D eigenvalue weighted by molar-refractivity contribution is -0.126. The zero-order valence-electron chi connectivity index (χ0n) is 21.0. The van der Waals surface area contributed by atoms with Gasteiger partial charge in [-0.2, -0.15) is 0 Å². The fraction of sp³-hybridized carbons (Fsp3) is 0.241. The van der Waals surface area contributed by atoms with Crippen LogP contribution in [0.3, 0.4) is 0 Å². The lowest BCUT2D eigenvalue weighted by Gasteiger charge is -2.35. The molecular formula is C29H32N6O2. The van der Waals surface area contributed by atoms with Gasteiger partial charge in [0.05, 0.1) is 0 Å². The van der Waals surface area contributed by atoms with Crippen molar-refractivity contribution in [1.29, 1.82) is 0 Å². The standard InChI is InChI=1S/C29H32N6O2/c1-23(36)30-16-17-31-26-22-27(33-29(32-26)25-13-6-3-7-14-25)34-18-20-35(21-19-34)28(37)15-9-8-12-24-10-4-2-5-11-24/h2-15,22H,16-21H2,1H3,(H,30,36)(H,31,32,33)/b12-8+,15-9+. The van der Waals surface area contributed by atoms with Crippen LogP contribution in [-0.4, -0.2) is 66.0 Å². The topological polar surface area (TPSA) is 90.5 Å². The van der Waals surface area contributed by atoms with Crippen LogP contribution < -0.4 is 15.5 Å². The van der Waals surface area contributed by atoms with Gasteiger partial charge in [-0.1, -0.05) is 78.9 Å². The Kier molecular flexibility index (Phi) is 9.02. The van der Waals surface area contributed by atoms with E-state index < -0.39 is 0 Å². The van der Waals surface area contributed by atoms with Crippen molar-refractivity contribution in [3.05, 3.63) is 90.5 Å². The van der Waals surface area contributed by atoms with Gasteiger partial charge in [0, 0.05) is 63.9 Å². The van der Waals surface area contributed by atoms with Gasteiger partial charge < -0.3 is 20.4 Å². The molecule has 0 aliphatic carbocycles. The smallest absolute Gasteiger partial charge is 0.246 e. The SMILES string of the molecule is CC(=O)NCCNc1cc(N2CCN(C(=O)/C=C/C=C/c3ccccc3)CC2)nc(-c2ccccc2)n1. The normalized spacial score (nSPS) is 13.8. The van der Waals surface area contributed by atoms with E-state index in [4.69, 9.17) is 4.98 Å². The number of rotatable bonds is 9. The molecule has 8 heteroatoms. The first-order chi connectivity index (χ1) is 18.1. The van der Waals surface area contributed by atoms with Gasteiger partial charge in [-0.05, 0) is 5.56 Å². The van der Waals surface area contributed by atoms with Gasteiger partial charge in [0.1, 0.15) is 11.6 Å². The zero-order valence-corrected chi connectivity index (χ0v) is 21.0. The lowest BCUT2D eigenvalue weighted by atomic mass is 10.2. The first-order valence-electron chi connectivity index (χ1n) is 12.4. The minimum Gasteiger partial charge on any atom is -0.368 e. The summed E-state index contributed by atoms with van der Waals surface area (Å²) in [6.07, 6.45) is 7.26. The molecular weight excluding hydrogens is 464 g/mol. The van der Waals surface area contributed by atoms with E-state index in [1.165, 1.54) is 6.92 Å². The third kappa shape index (κ3) is 7.76. The van der Waals surface area contributed by atoms with Crippen molar-refractivity contribution in [2.24, 2.45) is 0 Å². The number of anilines is 2.